The standard InChI is InChI=1S/3C10H12O/c1-3-6-9-7-4-5-8-10(9)11-2;1-3-5-9-6-4-7-10(8-9)11-2;1-3-4-9-5-7-10(11-2)8-6-9/h3*3-8H,1-2H3/b6-3+;5-3+;4-3+. The molecule has 0 amide bonds. The molecule has 3 rings (SSSR count). The van der Waals surface area contributed by atoms with Gasteiger partial charge in [-0.3, -0.25) is 0 Å². The van der Waals surface area contributed by atoms with Gasteiger partial charge < -0.3 is 14.2 Å². The number of rotatable bonds is 6. The lowest BCUT2D eigenvalue weighted by Crippen LogP contribution is -1.84. The second kappa shape index (κ2) is 16.9. The molecule has 0 aliphatic carbocycles. The molecule has 0 unspecified atom stereocenters. The zero-order valence-electron chi connectivity index (χ0n) is 20.6. The SMILES string of the molecule is C/C=C/c1ccc(OC)cc1.C/C=C/c1cccc(OC)c1.C/C=C/c1ccccc1OC. The zero-order chi connectivity index (χ0) is 24.3. The predicted molar refractivity (Wildman–Crippen MR) is 143 cm³/mol. The van der Waals surface area contributed by atoms with Gasteiger partial charge in [-0.25, -0.2) is 0 Å². The van der Waals surface area contributed by atoms with Gasteiger partial charge in [0.25, 0.3) is 0 Å². The van der Waals surface area contributed by atoms with Crippen molar-refractivity contribution in [1.82, 2.24) is 0 Å². The summed E-state index contributed by atoms with van der Waals surface area (Å²) < 4.78 is 15.2. The Morgan fingerprint density at radius 2 is 1.12 bits per heavy atom. The Balaban J connectivity index is 0.000000247. The van der Waals surface area contributed by atoms with Crippen molar-refractivity contribution in [1.29, 1.82) is 0 Å². The van der Waals surface area contributed by atoms with Gasteiger partial charge in [-0.2, -0.15) is 0 Å². The largest absolute Gasteiger partial charge is 0.497 e. The van der Waals surface area contributed by atoms with Crippen LogP contribution in [0.5, 0.6) is 17.2 Å². The van der Waals surface area contributed by atoms with E-state index in [-0.39, 0.29) is 0 Å². The van der Waals surface area contributed by atoms with Gasteiger partial charge in [0.1, 0.15) is 17.2 Å². The first-order chi connectivity index (χ1) is 16.1. The minimum absolute atomic E-state index is 0.901. The minimum Gasteiger partial charge on any atom is -0.497 e. The van der Waals surface area contributed by atoms with Crippen LogP contribution in [0.1, 0.15) is 37.5 Å². The summed E-state index contributed by atoms with van der Waals surface area (Å²) >= 11 is 0. The van der Waals surface area contributed by atoms with E-state index in [2.05, 4.69) is 6.08 Å². The first-order valence-corrected chi connectivity index (χ1v) is 10.9. The lowest BCUT2D eigenvalue weighted by Gasteiger charge is -2.02. The zero-order valence-corrected chi connectivity index (χ0v) is 20.6. The maximum absolute atomic E-state index is 5.15. The van der Waals surface area contributed by atoms with E-state index in [4.69, 9.17) is 14.2 Å². The van der Waals surface area contributed by atoms with E-state index in [1.165, 1.54) is 11.1 Å². The summed E-state index contributed by atoms with van der Waals surface area (Å²) in [6, 6.07) is 23.9. The first-order valence-electron chi connectivity index (χ1n) is 10.9. The number of hydrogen-bond acceptors (Lipinski definition) is 3. The summed E-state index contributed by atoms with van der Waals surface area (Å²) in [6.07, 6.45) is 12.1. The van der Waals surface area contributed by atoms with Gasteiger partial charge in [-0.05, 0) is 62.2 Å². The summed E-state index contributed by atoms with van der Waals surface area (Å²) in [6.45, 7) is 6.00. The van der Waals surface area contributed by atoms with Gasteiger partial charge >= 0.3 is 0 Å². The molecule has 0 fully saturated rings. The molecule has 0 aliphatic rings. The molecule has 0 saturated carbocycles. The van der Waals surface area contributed by atoms with Gasteiger partial charge in [0.2, 0.25) is 0 Å². The normalized spacial score (nSPS) is 10.4. The third kappa shape index (κ3) is 10.9. The molecule has 3 heteroatoms. The van der Waals surface area contributed by atoms with Crippen molar-refractivity contribution in [2.45, 2.75) is 20.8 Å². The lowest BCUT2D eigenvalue weighted by molar-refractivity contribution is 0.414. The van der Waals surface area contributed by atoms with E-state index in [9.17, 15) is 0 Å². The van der Waals surface area contributed by atoms with Crippen molar-refractivity contribution < 1.29 is 14.2 Å². The van der Waals surface area contributed by atoms with E-state index in [1.807, 2.05) is 124 Å². The molecule has 0 bridgehead atoms. The van der Waals surface area contributed by atoms with Crippen LogP contribution in [0.3, 0.4) is 0 Å². The van der Waals surface area contributed by atoms with Crippen molar-refractivity contribution >= 4 is 18.2 Å². The maximum atomic E-state index is 5.15. The molecule has 3 aromatic carbocycles. The second-order valence-electron chi connectivity index (χ2n) is 6.79. The maximum Gasteiger partial charge on any atom is 0.126 e. The Kier molecular flexibility index (Phi) is 14.0. The highest BCUT2D eigenvalue weighted by molar-refractivity contribution is 5.56. The van der Waals surface area contributed by atoms with Gasteiger partial charge in [0.05, 0.1) is 21.3 Å². The Hall–Kier alpha value is -3.72. The fourth-order valence-electron chi connectivity index (χ4n) is 2.83. The Labute approximate surface area is 199 Å². The number of benzene rings is 3. The molecular formula is C30H36O3. The second-order valence-corrected chi connectivity index (χ2v) is 6.79. The van der Waals surface area contributed by atoms with E-state index >= 15 is 0 Å². The molecule has 174 valence electrons. The van der Waals surface area contributed by atoms with E-state index < -0.39 is 0 Å². The van der Waals surface area contributed by atoms with Crippen LogP contribution >= 0.6 is 0 Å². The Morgan fingerprint density at radius 1 is 0.515 bits per heavy atom. The van der Waals surface area contributed by atoms with Crippen molar-refractivity contribution in [3.05, 3.63) is 108 Å². The van der Waals surface area contributed by atoms with Gasteiger partial charge in [0.15, 0.2) is 0 Å². The minimum atomic E-state index is 0.901. The summed E-state index contributed by atoms with van der Waals surface area (Å²) in [5.74, 6) is 2.73. The number of allylic oxidation sites excluding steroid dienone is 3. The topological polar surface area (TPSA) is 27.7 Å². The van der Waals surface area contributed by atoms with Crippen LogP contribution in [0.4, 0.5) is 0 Å². The van der Waals surface area contributed by atoms with Crippen LogP contribution in [-0.2, 0) is 0 Å². The molecule has 0 heterocycles. The van der Waals surface area contributed by atoms with Crippen molar-refractivity contribution in [3.63, 3.8) is 0 Å². The Bertz CT molecular complexity index is 999. The van der Waals surface area contributed by atoms with Crippen LogP contribution in [0.2, 0.25) is 0 Å². The first kappa shape index (κ1) is 27.3. The van der Waals surface area contributed by atoms with E-state index in [0.717, 1.165) is 22.8 Å². The molecule has 0 spiro atoms. The molecular weight excluding hydrogens is 408 g/mol. The van der Waals surface area contributed by atoms with Crippen molar-refractivity contribution in [3.8, 4) is 17.2 Å². The smallest absolute Gasteiger partial charge is 0.126 e. The molecule has 0 aromatic heterocycles. The lowest BCUT2D eigenvalue weighted by atomic mass is 10.2. The summed E-state index contributed by atoms with van der Waals surface area (Å²) in [5.41, 5.74) is 3.50. The van der Waals surface area contributed by atoms with Gasteiger partial charge in [-0.1, -0.05) is 78.9 Å². The quantitative estimate of drug-likeness (QED) is 0.383. The highest BCUT2D eigenvalue weighted by atomic mass is 16.5. The average Bonchev–Trinajstić information content (AvgIpc) is 2.86. The van der Waals surface area contributed by atoms with Gasteiger partial charge in [0, 0.05) is 5.56 Å². The van der Waals surface area contributed by atoms with Crippen molar-refractivity contribution in [2.24, 2.45) is 0 Å². The number of ether oxygens (including phenoxy) is 3. The monoisotopic (exact) mass is 444 g/mol. The Morgan fingerprint density at radius 3 is 1.70 bits per heavy atom. The number of para-hydroxylation sites is 1. The van der Waals surface area contributed by atoms with E-state index in [1.54, 1.807) is 21.3 Å². The van der Waals surface area contributed by atoms with Crippen LogP contribution in [0.15, 0.2) is 91.0 Å². The molecule has 0 radical (unpaired) electrons. The summed E-state index contributed by atoms with van der Waals surface area (Å²) in [7, 11) is 5.03. The fraction of sp³-hybridized carbons (Fsp3) is 0.200. The summed E-state index contributed by atoms with van der Waals surface area (Å²) in [5, 5.41) is 0. The van der Waals surface area contributed by atoms with E-state index in [0.29, 0.717) is 0 Å². The highest BCUT2D eigenvalue weighted by Crippen LogP contribution is 2.18. The summed E-state index contributed by atoms with van der Waals surface area (Å²) in [4.78, 5) is 0. The van der Waals surface area contributed by atoms with Crippen LogP contribution in [0.25, 0.3) is 18.2 Å². The number of methoxy groups -OCH3 is 3. The molecule has 0 aliphatic heterocycles. The molecule has 3 aromatic rings. The highest BCUT2D eigenvalue weighted by Gasteiger charge is 1.94. The predicted octanol–water partition coefficient (Wildman–Crippen LogP) is 8.18. The van der Waals surface area contributed by atoms with Crippen LogP contribution in [-0.4, -0.2) is 21.3 Å². The average molecular weight is 445 g/mol. The molecule has 0 saturated heterocycles. The van der Waals surface area contributed by atoms with Gasteiger partial charge in [-0.15, -0.1) is 0 Å². The fourth-order valence-corrected chi connectivity index (χ4v) is 2.83. The third-order valence-electron chi connectivity index (χ3n) is 4.41. The van der Waals surface area contributed by atoms with Crippen LogP contribution < -0.4 is 14.2 Å². The molecule has 3 nitrogen and oxygen atoms in total. The number of hydrogen-bond donors (Lipinski definition) is 0. The molecule has 0 N–H and O–H groups in total. The van der Waals surface area contributed by atoms with Crippen LogP contribution in [0, 0.1) is 0 Å². The third-order valence-corrected chi connectivity index (χ3v) is 4.41. The molecule has 0 atom stereocenters. The van der Waals surface area contributed by atoms with Crippen molar-refractivity contribution in [2.75, 3.05) is 21.3 Å². The molecule has 33 heavy (non-hydrogen) atoms.